The summed E-state index contributed by atoms with van der Waals surface area (Å²) in [7, 11) is -3.12. The molecule has 0 spiro atoms. The van der Waals surface area contributed by atoms with Crippen LogP contribution in [0.2, 0.25) is 0 Å². The first-order chi connectivity index (χ1) is 7.49. The van der Waals surface area contributed by atoms with Crippen molar-refractivity contribution in [2.45, 2.75) is 26.7 Å². The highest BCUT2D eigenvalue weighted by molar-refractivity contribution is 7.89. The minimum atomic E-state index is -3.12. The van der Waals surface area contributed by atoms with Gasteiger partial charge >= 0.3 is 0 Å². The quantitative estimate of drug-likeness (QED) is 0.750. The molecular formula is C10H19N3O2S. The zero-order valence-electron chi connectivity index (χ0n) is 9.73. The number of hydrogen-bond donors (Lipinski definition) is 2. The summed E-state index contributed by atoms with van der Waals surface area (Å²) < 4.78 is 25.6. The van der Waals surface area contributed by atoms with Crippen LogP contribution in [0.15, 0.2) is 12.4 Å². The van der Waals surface area contributed by atoms with Gasteiger partial charge in [-0.15, -0.1) is 0 Å². The fraction of sp³-hybridized carbons (Fsp3) is 0.700. The van der Waals surface area contributed by atoms with Crippen molar-refractivity contribution in [2.75, 3.05) is 12.3 Å². The number of aromatic nitrogens is 2. The Balaban J connectivity index is 2.26. The Labute approximate surface area is 96.7 Å². The molecule has 0 aromatic carbocycles. The van der Waals surface area contributed by atoms with Crippen LogP contribution in [0.4, 0.5) is 0 Å². The second kappa shape index (κ2) is 6.00. The average molecular weight is 245 g/mol. The molecule has 5 nitrogen and oxygen atoms in total. The summed E-state index contributed by atoms with van der Waals surface area (Å²) in [5, 5.41) is 0. The second-order valence-corrected chi connectivity index (χ2v) is 6.11. The highest BCUT2D eigenvalue weighted by Gasteiger charge is 2.10. The Morgan fingerprint density at radius 1 is 1.50 bits per heavy atom. The monoisotopic (exact) mass is 245 g/mol. The molecule has 0 unspecified atom stereocenters. The van der Waals surface area contributed by atoms with Crippen molar-refractivity contribution >= 4 is 10.0 Å². The standard InChI is InChI=1S/C10H19N3O2S/c1-9(2)4-8-16(14,15)13-5-3-10-11-6-7-12-10/h6-7,9,13H,3-5,8H2,1-2H3,(H,11,12). The van der Waals surface area contributed by atoms with E-state index >= 15 is 0 Å². The first-order valence-electron chi connectivity index (χ1n) is 5.45. The number of nitrogens with one attached hydrogen (secondary N) is 2. The van der Waals surface area contributed by atoms with Gasteiger partial charge in [0.25, 0.3) is 0 Å². The van der Waals surface area contributed by atoms with E-state index in [0.29, 0.717) is 25.3 Å². The lowest BCUT2D eigenvalue weighted by atomic mass is 10.2. The lowest BCUT2D eigenvalue weighted by molar-refractivity contribution is 0.561. The van der Waals surface area contributed by atoms with Gasteiger partial charge in [0.2, 0.25) is 10.0 Å². The summed E-state index contributed by atoms with van der Waals surface area (Å²) in [5.41, 5.74) is 0. The van der Waals surface area contributed by atoms with Crippen LogP contribution >= 0.6 is 0 Å². The Kier molecular flexibility index (Phi) is 4.95. The molecule has 0 aliphatic rings. The number of imidazole rings is 1. The summed E-state index contributed by atoms with van der Waals surface area (Å²) >= 11 is 0. The summed E-state index contributed by atoms with van der Waals surface area (Å²) in [6.07, 6.45) is 4.66. The van der Waals surface area contributed by atoms with Crippen molar-refractivity contribution in [3.63, 3.8) is 0 Å². The van der Waals surface area contributed by atoms with Crippen molar-refractivity contribution < 1.29 is 8.42 Å². The van der Waals surface area contributed by atoms with Crippen LogP contribution in [0, 0.1) is 5.92 Å². The van der Waals surface area contributed by atoms with Crippen LogP contribution < -0.4 is 4.72 Å². The van der Waals surface area contributed by atoms with Crippen molar-refractivity contribution in [2.24, 2.45) is 5.92 Å². The number of nitrogens with zero attached hydrogens (tertiary/aromatic N) is 1. The van der Waals surface area contributed by atoms with Crippen molar-refractivity contribution in [3.8, 4) is 0 Å². The molecule has 0 bridgehead atoms. The first-order valence-corrected chi connectivity index (χ1v) is 7.10. The van der Waals surface area contributed by atoms with E-state index in [2.05, 4.69) is 14.7 Å². The molecule has 0 amide bonds. The molecule has 16 heavy (non-hydrogen) atoms. The first kappa shape index (κ1) is 13.2. The summed E-state index contributed by atoms with van der Waals surface area (Å²) in [6, 6.07) is 0. The Bertz CT molecular complexity index is 384. The molecule has 0 fully saturated rings. The van der Waals surface area contributed by atoms with Crippen LogP contribution in [-0.4, -0.2) is 30.7 Å². The van der Waals surface area contributed by atoms with Gasteiger partial charge in [-0.25, -0.2) is 18.1 Å². The molecule has 6 heteroatoms. The molecule has 0 aliphatic heterocycles. The second-order valence-electron chi connectivity index (χ2n) is 4.18. The van der Waals surface area contributed by atoms with Gasteiger partial charge in [-0.05, 0) is 12.3 Å². The van der Waals surface area contributed by atoms with E-state index in [-0.39, 0.29) is 5.75 Å². The normalized spacial score (nSPS) is 12.2. The maximum atomic E-state index is 11.5. The fourth-order valence-corrected chi connectivity index (χ4v) is 2.56. The Morgan fingerprint density at radius 3 is 2.81 bits per heavy atom. The molecule has 0 saturated carbocycles. The van der Waals surface area contributed by atoms with E-state index in [4.69, 9.17) is 0 Å². The van der Waals surface area contributed by atoms with E-state index in [9.17, 15) is 8.42 Å². The maximum Gasteiger partial charge on any atom is 0.211 e. The minimum Gasteiger partial charge on any atom is -0.349 e. The number of rotatable bonds is 7. The molecule has 2 N–H and O–H groups in total. The molecule has 1 aromatic rings. The van der Waals surface area contributed by atoms with Crippen LogP contribution in [-0.2, 0) is 16.4 Å². The van der Waals surface area contributed by atoms with Gasteiger partial charge in [-0.3, -0.25) is 0 Å². The maximum absolute atomic E-state index is 11.5. The van der Waals surface area contributed by atoms with Crippen LogP contribution in [0.3, 0.4) is 0 Å². The predicted molar refractivity (Wildman–Crippen MR) is 63.5 cm³/mol. The van der Waals surface area contributed by atoms with E-state index in [1.54, 1.807) is 12.4 Å². The predicted octanol–water partition coefficient (Wildman–Crippen LogP) is 0.918. The number of H-pyrrole nitrogens is 1. The molecule has 92 valence electrons. The van der Waals surface area contributed by atoms with Gasteiger partial charge in [-0.1, -0.05) is 13.8 Å². The molecular weight excluding hydrogens is 226 g/mol. The molecule has 1 heterocycles. The number of aromatic amines is 1. The fourth-order valence-electron chi connectivity index (χ4n) is 1.22. The van der Waals surface area contributed by atoms with Gasteiger partial charge < -0.3 is 4.98 Å². The zero-order chi connectivity index (χ0) is 12.0. The van der Waals surface area contributed by atoms with Gasteiger partial charge in [0, 0.05) is 25.4 Å². The van der Waals surface area contributed by atoms with Crippen molar-refractivity contribution in [1.29, 1.82) is 0 Å². The van der Waals surface area contributed by atoms with Crippen molar-refractivity contribution in [3.05, 3.63) is 18.2 Å². The largest absolute Gasteiger partial charge is 0.349 e. The lowest BCUT2D eigenvalue weighted by Gasteiger charge is -2.07. The third-order valence-corrected chi connectivity index (χ3v) is 3.62. The molecule has 1 rings (SSSR count). The Hall–Kier alpha value is -0.880. The molecule has 0 aliphatic carbocycles. The van der Waals surface area contributed by atoms with Gasteiger partial charge in [-0.2, -0.15) is 0 Å². The highest BCUT2D eigenvalue weighted by atomic mass is 32.2. The van der Waals surface area contributed by atoms with Crippen LogP contribution in [0.25, 0.3) is 0 Å². The highest BCUT2D eigenvalue weighted by Crippen LogP contribution is 2.01. The number of sulfonamides is 1. The van der Waals surface area contributed by atoms with Crippen LogP contribution in [0.5, 0.6) is 0 Å². The van der Waals surface area contributed by atoms with Gasteiger partial charge in [0.1, 0.15) is 5.82 Å². The van der Waals surface area contributed by atoms with E-state index in [1.807, 2.05) is 13.8 Å². The molecule has 0 radical (unpaired) electrons. The average Bonchev–Trinajstić information content (AvgIpc) is 2.68. The van der Waals surface area contributed by atoms with Crippen molar-refractivity contribution in [1.82, 2.24) is 14.7 Å². The van der Waals surface area contributed by atoms with E-state index in [0.717, 1.165) is 5.82 Å². The SMILES string of the molecule is CC(C)CCS(=O)(=O)NCCc1ncc[nH]1. The smallest absolute Gasteiger partial charge is 0.211 e. The molecule has 0 saturated heterocycles. The van der Waals surface area contributed by atoms with E-state index < -0.39 is 10.0 Å². The molecule has 1 aromatic heterocycles. The zero-order valence-corrected chi connectivity index (χ0v) is 10.5. The Morgan fingerprint density at radius 2 is 2.25 bits per heavy atom. The third-order valence-electron chi connectivity index (χ3n) is 2.20. The minimum absolute atomic E-state index is 0.197. The lowest BCUT2D eigenvalue weighted by Crippen LogP contribution is -2.29. The van der Waals surface area contributed by atoms with E-state index in [1.165, 1.54) is 0 Å². The topological polar surface area (TPSA) is 74.8 Å². The van der Waals surface area contributed by atoms with Gasteiger partial charge in [0.15, 0.2) is 0 Å². The van der Waals surface area contributed by atoms with Gasteiger partial charge in [0.05, 0.1) is 5.75 Å². The summed E-state index contributed by atoms with van der Waals surface area (Å²) in [4.78, 5) is 6.95. The summed E-state index contributed by atoms with van der Waals surface area (Å²) in [5.74, 6) is 1.40. The summed E-state index contributed by atoms with van der Waals surface area (Å²) in [6.45, 7) is 4.42. The molecule has 0 atom stereocenters. The third kappa shape index (κ3) is 5.27. The van der Waals surface area contributed by atoms with Crippen LogP contribution in [0.1, 0.15) is 26.1 Å². The number of hydrogen-bond acceptors (Lipinski definition) is 3.